The number of pyridine rings is 1. The van der Waals surface area contributed by atoms with Gasteiger partial charge in [0.15, 0.2) is 0 Å². The number of hydrogen-bond acceptors (Lipinski definition) is 5. The molecule has 3 aromatic heterocycles. The first-order chi connectivity index (χ1) is 15.4. The van der Waals surface area contributed by atoms with Gasteiger partial charge in [0.2, 0.25) is 0 Å². The van der Waals surface area contributed by atoms with Gasteiger partial charge in [-0.15, -0.1) is 0 Å². The van der Waals surface area contributed by atoms with Gasteiger partial charge in [-0.3, -0.25) is 9.78 Å². The molecule has 1 unspecified atom stereocenters. The van der Waals surface area contributed by atoms with Gasteiger partial charge in [-0.25, -0.2) is 18.3 Å². The summed E-state index contributed by atoms with van der Waals surface area (Å²) >= 11 is 0. The van der Waals surface area contributed by atoms with Gasteiger partial charge in [0, 0.05) is 36.0 Å². The molecule has 170 valence electrons. The van der Waals surface area contributed by atoms with Crippen LogP contribution in [0.2, 0.25) is 0 Å². The minimum Gasteiger partial charge on any atom is -0.338 e. The van der Waals surface area contributed by atoms with Gasteiger partial charge in [0.1, 0.15) is 12.0 Å². The first kappa shape index (κ1) is 22.2. The maximum absolute atomic E-state index is 13.6. The third kappa shape index (κ3) is 4.47. The number of fused-ring (bicyclic) bond motifs is 1. The van der Waals surface area contributed by atoms with Crippen LogP contribution in [0, 0.1) is 19.8 Å². The van der Waals surface area contributed by atoms with Crippen LogP contribution in [0.4, 0.5) is 8.78 Å². The first-order valence-corrected chi connectivity index (χ1v) is 11.1. The predicted molar refractivity (Wildman–Crippen MR) is 116 cm³/mol. The molecule has 0 saturated carbocycles. The fourth-order valence-corrected chi connectivity index (χ4v) is 4.70. The van der Waals surface area contributed by atoms with Crippen LogP contribution in [-0.2, 0) is 0 Å². The lowest BCUT2D eigenvalue weighted by atomic mass is 9.79. The second-order valence-corrected chi connectivity index (χ2v) is 8.57. The monoisotopic (exact) mass is 442 g/mol. The number of aryl methyl sites for hydroxylation is 2. The van der Waals surface area contributed by atoms with Crippen LogP contribution in [0.3, 0.4) is 0 Å². The highest BCUT2D eigenvalue weighted by Gasteiger charge is 2.35. The molecule has 0 spiro atoms. The molecule has 4 rings (SSSR count). The third-order valence-corrected chi connectivity index (χ3v) is 6.20. The van der Waals surface area contributed by atoms with Crippen molar-refractivity contribution in [1.29, 1.82) is 0 Å². The Labute approximate surface area is 185 Å². The lowest BCUT2D eigenvalue weighted by molar-refractivity contribution is 0.0648. The number of likely N-dealkylation sites (tertiary alicyclic amines) is 1. The normalized spacial score (nSPS) is 19.1. The van der Waals surface area contributed by atoms with Crippen molar-refractivity contribution in [2.24, 2.45) is 5.92 Å². The van der Waals surface area contributed by atoms with Crippen molar-refractivity contribution in [2.45, 2.75) is 58.8 Å². The Hall–Kier alpha value is -2.97. The summed E-state index contributed by atoms with van der Waals surface area (Å²) in [7, 11) is 0. The molecular weight excluding hydrogens is 414 g/mol. The summed E-state index contributed by atoms with van der Waals surface area (Å²) in [6.45, 7) is 6.95. The lowest BCUT2D eigenvalue weighted by Gasteiger charge is -2.39. The van der Waals surface area contributed by atoms with E-state index < -0.39 is 6.43 Å². The van der Waals surface area contributed by atoms with Crippen molar-refractivity contribution in [2.75, 3.05) is 13.1 Å². The Kier molecular flexibility index (Phi) is 6.43. The van der Waals surface area contributed by atoms with Crippen molar-refractivity contribution in [3.05, 3.63) is 52.9 Å². The highest BCUT2D eigenvalue weighted by Crippen LogP contribution is 2.37. The highest BCUT2D eigenvalue weighted by molar-refractivity contribution is 5.94. The molecular formula is C23H28F2N6O. The molecule has 32 heavy (non-hydrogen) atoms. The molecule has 1 saturated heterocycles. The number of alkyl halides is 2. The fraction of sp³-hybridized carbons (Fsp3) is 0.522. The Morgan fingerprint density at radius 2 is 1.94 bits per heavy atom. The average Bonchev–Trinajstić information content (AvgIpc) is 3.24. The van der Waals surface area contributed by atoms with Crippen LogP contribution in [0.25, 0.3) is 5.78 Å². The van der Waals surface area contributed by atoms with Gasteiger partial charge in [0.05, 0.1) is 5.69 Å². The van der Waals surface area contributed by atoms with Gasteiger partial charge >= 0.3 is 0 Å². The van der Waals surface area contributed by atoms with Crippen LogP contribution >= 0.6 is 0 Å². The molecule has 1 amide bonds. The largest absolute Gasteiger partial charge is 0.338 e. The van der Waals surface area contributed by atoms with E-state index in [0.29, 0.717) is 24.3 Å². The Morgan fingerprint density at radius 3 is 2.62 bits per heavy atom. The van der Waals surface area contributed by atoms with Gasteiger partial charge in [-0.05, 0) is 50.8 Å². The van der Waals surface area contributed by atoms with E-state index in [9.17, 15) is 13.6 Å². The molecule has 1 fully saturated rings. The molecule has 0 aliphatic carbocycles. The van der Waals surface area contributed by atoms with Crippen LogP contribution in [0.5, 0.6) is 0 Å². The third-order valence-electron chi connectivity index (χ3n) is 6.20. The summed E-state index contributed by atoms with van der Waals surface area (Å²) in [4.78, 5) is 27.5. The van der Waals surface area contributed by atoms with E-state index in [1.165, 1.54) is 12.4 Å². The van der Waals surface area contributed by atoms with Crippen LogP contribution in [-0.4, -0.2) is 48.5 Å². The Morgan fingerprint density at radius 1 is 1.19 bits per heavy atom. The SMILES string of the molecule is CCCC[C@H]1CCN(C(=O)c2cc(C)nc(C)c2)CC1c1cc(C(F)F)nc2ncnn12. The number of halogens is 2. The van der Waals surface area contributed by atoms with Crippen molar-refractivity contribution < 1.29 is 13.6 Å². The molecule has 1 aliphatic heterocycles. The maximum Gasteiger partial charge on any atom is 0.280 e. The zero-order valence-electron chi connectivity index (χ0n) is 18.6. The molecule has 3 aromatic rings. The van der Waals surface area contributed by atoms with Gasteiger partial charge < -0.3 is 4.90 Å². The van der Waals surface area contributed by atoms with E-state index >= 15 is 0 Å². The smallest absolute Gasteiger partial charge is 0.280 e. The number of nitrogens with zero attached hydrogens (tertiary/aromatic N) is 6. The van der Waals surface area contributed by atoms with E-state index in [2.05, 4.69) is 27.0 Å². The number of hydrogen-bond donors (Lipinski definition) is 0. The zero-order valence-corrected chi connectivity index (χ0v) is 18.6. The second kappa shape index (κ2) is 9.26. The Balaban J connectivity index is 1.71. The van der Waals surface area contributed by atoms with Crippen LogP contribution in [0.1, 0.15) is 78.1 Å². The Bertz CT molecular complexity index is 1090. The van der Waals surface area contributed by atoms with E-state index in [1.54, 1.807) is 16.6 Å². The number of piperidine rings is 1. The minimum absolute atomic E-state index is 0.0597. The summed E-state index contributed by atoms with van der Waals surface area (Å²) < 4.78 is 28.7. The molecule has 0 bridgehead atoms. The zero-order chi connectivity index (χ0) is 22.8. The predicted octanol–water partition coefficient (Wildman–Crippen LogP) is 4.51. The average molecular weight is 443 g/mol. The summed E-state index contributed by atoms with van der Waals surface area (Å²) in [5, 5.41) is 4.25. The van der Waals surface area contributed by atoms with Crippen molar-refractivity contribution in [1.82, 2.24) is 29.5 Å². The fourth-order valence-electron chi connectivity index (χ4n) is 4.70. The van der Waals surface area contributed by atoms with Gasteiger partial charge in [-0.2, -0.15) is 10.1 Å². The number of carbonyl (C=O) groups excluding carboxylic acids is 1. The van der Waals surface area contributed by atoms with Gasteiger partial charge in [-0.1, -0.05) is 19.8 Å². The maximum atomic E-state index is 13.6. The molecule has 1 aliphatic rings. The summed E-state index contributed by atoms with van der Waals surface area (Å²) in [6, 6.07) is 5.03. The minimum atomic E-state index is -2.70. The summed E-state index contributed by atoms with van der Waals surface area (Å²) in [5.41, 5.74) is 2.53. The highest BCUT2D eigenvalue weighted by atomic mass is 19.3. The van der Waals surface area contributed by atoms with E-state index in [4.69, 9.17) is 0 Å². The molecule has 7 nitrogen and oxygen atoms in total. The topological polar surface area (TPSA) is 76.3 Å². The first-order valence-electron chi connectivity index (χ1n) is 11.1. The standard InChI is InChI=1S/C23H28F2N6O/c1-4-5-6-16-7-8-30(22(32)17-9-14(2)28-15(3)10-17)12-18(16)20-11-19(21(24)25)29-23-26-13-27-31(20)23/h9-11,13,16,18,21H,4-8,12H2,1-3H3/t16-,18?/m0/s1. The number of rotatable bonds is 6. The van der Waals surface area contributed by atoms with Crippen LogP contribution < -0.4 is 0 Å². The summed E-state index contributed by atoms with van der Waals surface area (Å²) in [6.07, 6.45) is 2.51. The molecule has 4 heterocycles. The van der Waals surface area contributed by atoms with Gasteiger partial charge in [0.25, 0.3) is 18.1 Å². The number of unbranched alkanes of at least 4 members (excludes halogenated alkanes) is 1. The molecule has 0 radical (unpaired) electrons. The van der Waals surface area contributed by atoms with E-state index in [1.807, 2.05) is 18.7 Å². The van der Waals surface area contributed by atoms with Crippen molar-refractivity contribution in [3.63, 3.8) is 0 Å². The van der Waals surface area contributed by atoms with E-state index in [-0.39, 0.29) is 29.2 Å². The van der Waals surface area contributed by atoms with Crippen molar-refractivity contribution in [3.8, 4) is 0 Å². The quantitative estimate of drug-likeness (QED) is 0.561. The second-order valence-electron chi connectivity index (χ2n) is 8.57. The molecule has 0 aromatic carbocycles. The van der Waals surface area contributed by atoms with Crippen molar-refractivity contribution >= 4 is 11.7 Å². The number of amides is 1. The molecule has 2 atom stereocenters. The number of carbonyl (C=O) groups is 1. The lowest BCUT2D eigenvalue weighted by Crippen LogP contribution is -2.43. The molecule has 0 N–H and O–H groups in total. The summed E-state index contributed by atoms with van der Waals surface area (Å²) in [5.74, 6) is 0.236. The van der Waals surface area contributed by atoms with Crippen LogP contribution in [0.15, 0.2) is 24.5 Å². The number of aromatic nitrogens is 5. The molecule has 9 heteroatoms. The van der Waals surface area contributed by atoms with E-state index in [0.717, 1.165) is 37.1 Å².